The Bertz CT molecular complexity index is 1200. The number of para-hydroxylation sites is 1. The van der Waals surface area contributed by atoms with Gasteiger partial charge in [-0.25, -0.2) is 4.68 Å². The maximum atomic E-state index is 12.5. The van der Waals surface area contributed by atoms with Gasteiger partial charge in [0.2, 0.25) is 5.91 Å². The number of hydrogen-bond donors (Lipinski definition) is 1. The number of aryl methyl sites for hydroxylation is 1. The molecule has 0 aliphatic carbocycles. The van der Waals surface area contributed by atoms with Gasteiger partial charge in [0.15, 0.2) is 10.8 Å². The van der Waals surface area contributed by atoms with E-state index < -0.39 is 0 Å². The van der Waals surface area contributed by atoms with Gasteiger partial charge in [0.25, 0.3) is 0 Å². The van der Waals surface area contributed by atoms with Crippen molar-refractivity contribution in [2.45, 2.75) is 19.0 Å². The number of thioether (sulfide) groups is 1. The Kier molecular flexibility index (Phi) is 5.49. The third-order valence-electron chi connectivity index (χ3n) is 4.28. The molecule has 1 aromatic carbocycles. The molecule has 148 valence electrons. The lowest BCUT2D eigenvalue weighted by Gasteiger charge is -2.07. The van der Waals surface area contributed by atoms with E-state index in [0.29, 0.717) is 26.5 Å². The number of anilines is 1. The van der Waals surface area contributed by atoms with Crippen LogP contribution >= 0.6 is 35.0 Å². The summed E-state index contributed by atoms with van der Waals surface area (Å²) in [7, 11) is 0. The maximum Gasteiger partial charge on any atom is 0.234 e. The number of carbonyl (C=O) groups excluding carboxylic acids is 1. The van der Waals surface area contributed by atoms with Crippen molar-refractivity contribution < 1.29 is 4.79 Å². The highest BCUT2D eigenvalue weighted by molar-refractivity contribution is 7.99. The lowest BCUT2D eigenvalue weighted by molar-refractivity contribution is -0.113. The number of pyridine rings is 1. The molecule has 4 rings (SSSR count). The Balaban J connectivity index is 1.49. The van der Waals surface area contributed by atoms with Gasteiger partial charge >= 0.3 is 0 Å². The fourth-order valence-electron chi connectivity index (χ4n) is 2.95. The second-order valence-corrected chi connectivity index (χ2v) is 8.10. The molecule has 3 heterocycles. The number of fused-ring (bicyclic) bond motifs is 1. The standard InChI is InChI=1S/C19H16Cl2N6OS/c1-11-17(12(2)27(25-11)14-6-4-3-5-7-14)22-16(28)10-29-19-24-23-18-15(21)8-13(20)9-26(18)19/h3-9H,10H2,1-2H3,(H,22,28). The normalized spacial score (nSPS) is 11.2. The summed E-state index contributed by atoms with van der Waals surface area (Å²) >= 11 is 13.4. The molecule has 10 heteroatoms. The van der Waals surface area contributed by atoms with Crippen LogP contribution in [0.3, 0.4) is 0 Å². The summed E-state index contributed by atoms with van der Waals surface area (Å²) in [5, 5.41) is 17.0. The van der Waals surface area contributed by atoms with Crippen LogP contribution in [0.4, 0.5) is 5.69 Å². The van der Waals surface area contributed by atoms with Crippen molar-refractivity contribution in [2.75, 3.05) is 11.1 Å². The lowest BCUT2D eigenvalue weighted by atomic mass is 10.3. The van der Waals surface area contributed by atoms with Crippen molar-refractivity contribution in [1.82, 2.24) is 24.4 Å². The van der Waals surface area contributed by atoms with Crippen molar-refractivity contribution in [2.24, 2.45) is 0 Å². The second-order valence-electron chi connectivity index (χ2n) is 6.31. The zero-order valence-electron chi connectivity index (χ0n) is 15.6. The lowest BCUT2D eigenvalue weighted by Crippen LogP contribution is -2.15. The molecule has 0 fully saturated rings. The van der Waals surface area contributed by atoms with Crippen LogP contribution in [-0.2, 0) is 4.79 Å². The van der Waals surface area contributed by atoms with Gasteiger partial charge < -0.3 is 5.32 Å². The van der Waals surface area contributed by atoms with Crippen molar-refractivity contribution in [3.05, 3.63) is 64.0 Å². The first-order valence-electron chi connectivity index (χ1n) is 8.68. The minimum atomic E-state index is -0.168. The molecular formula is C19H16Cl2N6OS. The van der Waals surface area contributed by atoms with E-state index >= 15 is 0 Å². The molecule has 0 spiro atoms. The van der Waals surface area contributed by atoms with E-state index in [-0.39, 0.29) is 11.7 Å². The van der Waals surface area contributed by atoms with E-state index in [9.17, 15) is 4.79 Å². The number of nitrogens with zero attached hydrogens (tertiary/aromatic N) is 5. The zero-order valence-corrected chi connectivity index (χ0v) is 17.9. The highest BCUT2D eigenvalue weighted by atomic mass is 35.5. The molecule has 0 atom stereocenters. The summed E-state index contributed by atoms with van der Waals surface area (Å²) in [4.78, 5) is 12.5. The summed E-state index contributed by atoms with van der Waals surface area (Å²) in [5.74, 6) is -0.0148. The molecule has 0 aliphatic heterocycles. The first-order valence-corrected chi connectivity index (χ1v) is 10.4. The van der Waals surface area contributed by atoms with Gasteiger partial charge in [0, 0.05) is 6.20 Å². The molecule has 3 aromatic heterocycles. The number of amides is 1. The van der Waals surface area contributed by atoms with Crippen LogP contribution in [0.1, 0.15) is 11.4 Å². The van der Waals surface area contributed by atoms with E-state index in [2.05, 4.69) is 20.6 Å². The fourth-order valence-corrected chi connectivity index (χ4v) is 4.17. The van der Waals surface area contributed by atoms with Gasteiger partial charge in [-0.05, 0) is 32.0 Å². The molecule has 29 heavy (non-hydrogen) atoms. The third kappa shape index (κ3) is 3.96. The number of rotatable bonds is 5. The molecule has 0 unspecified atom stereocenters. The number of carbonyl (C=O) groups is 1. The van der Waals surface area contributed by atoms with Crippen LogP contribution in [0.5, 0.6) is 0 Å². The summed E-state index contributed by atoms with van der Waals surface area (Å²) < 4.78 is 3.49. The predicted octanol–water partition coefficient (Wildman–Crippen LogP) is 4.57. The van der Waals surface area contributed by atoms with Crippen molar-refractivity contribution >= 4 is 52.2 Å². The molecule has 1 amide bonds. The van der Waals surface area contributed by atoms with Crippen molar-refractivity contribution in [3.63, 3.8) is 0 Å². The molecule has 0 bridgehead atoms. The highest BCUT2D eigenvalue weighted by Gasteiger charge is 2.17. The molecule has 0 saturated carbocycles. The molecule has 4 aromatic rings. The smallest absolute Gasteiger partial charge is 0.234 e. The van der Waals surface area contributed by atoms with Gasteiger partial charge in [-0.15, -0.1) is 10.2 Å². The molecule has 7 nitrogen and oxygen atoms in total. The van der Waals surface area contributed by atoms with Gasteiger partial charge in [-0.3, -0.25) is 9.20 Å². The molecule has 1 N–H and O–H groups in total. The van der Waals surface area contributed by atoms with E-state index in [4.69, 9.17) is 23.2 Å². The second kappa shape index (κ2) is 8.06. The SMILES string of the molecule is Cc1nn(-c2ccccc2)c(C)c1NC(=O)CSc1nnc2c(Cl)cc(Cl)cn12. The molecule has 0 aliphatic rings. The maximum absolute atomic E-state index is 12.5. The monoisotopic (exact) mass is 446 g/mol. The van der Waals surface area contributed by atoms with Gasteiger partial charge in [0.1, 0.15) is 0 Å². The van der Waals surface area contributed by atoms with Crippen LogP contribution in [-0.4, -0.2) is 36.0 Å². The van der Waals surface area contributed by atoms with E-state index in [0.717, 1.165) is 17.1 Å². The van der Waals surface area contributed by atoms with Gasteiger partial charge in [-0.2, -0.15) is 5.10 Å². The first kappa shape index (κ1) is 19.8. The van der Waals surface area contributed by atoms with E-state index in [1.807, 2.05) is 48.9 Å². The minimum Gasteiger partial charge on any atom is -0.322 e. The number of aromatic nitrogens is 5. The Labute approximate surface area is 181 Å². The van der Waals surface area contributed by atoms with E-state index in [1.54, 1.807) is 16.7 Å². The minimum absolute atomic E-state index is 0.153. The average Bonchev–Trinajstić information content (AvgIpc) is 3.23. The van der Waals surface area contributed by atoms with Crippen molar-refractivity contribution in [1.29, 1.82) is 0 Å². The van der Waals surface area contributed by atoms with Crippen LogP contribution in [0.2, 0.25) is 10.0 Å². The topological polar surface area (TPSA) is 77.1 Å². The zero-order chi connectivity index (χ0) is 20.5. The summed E-state index contributed by atoms with van der Waals surface area (Å²) in [6.07, 6.45) is 1.67. The average molecular weight is 447 g/mol. The summed E-state index contributed by atoms with van der Waals surface area (Å²) in [6, 6.07) is 11.4. The summed E-state index contributed by atoms with van der Waals surface area (Å²) in [5.41, 5.74) is 3.74. The van der Waals surface area contributed by atoms with Crippen molar-refractivity contribution in [3.8, 4) is 5.69 Å². The number of hydrogen-bond acceptors (Lipinski definition) is 5. The molecular weight excluding hydrogens is 431 g/mol. The predicted molar refractivity (Wildman–Crippen MR) is 115 cm³/mol. The van der Waals surface area contributed by atoms with E-state index in [1.165, 1.54) is 11.8 Å². The number of benzene rings is 1. The van der Waals surface area contributed by atoms with Crippen LogP contribution in [0.25, 0.3) is 11.3 Å². The Morgan fingerprint density at radius 1 is 1.17 bits per heavy atom. The van der Waals surface area contributed by atoms with Crippen LogP contribution in [0, 0.1) is 13.8 Å². The Hall–Kier alpha value is -2.55. The third-order valence-corrected chi connectivity index (χ3v) is 5.71. The molecule has 0 saturated heterocycles. The summed E-state index contributed by atoms with van der Waals surface area (Å²) in [6.45, 7) is 3.79. The number of nitrogens with one attached hydrogen (secondary N) is 1. The van der Waals surface area contributed by atoms with Gasteiger partial charge in [-0.1, -0.05) is 53.2 Å². The van der Waals surface area contributed by atoms with Gasteiger partial charge in [0.05, 0.1) is 38.6 Å². The van der Waals surface area contributed by atoms with Crippen LogP contribution < -0.4 is 5.32 Å². The molecule has 0 radical (unpaired) electrons. The largest absolute Gasteiger partial charge is 0.322 e. The quantitative estimate of drug-likeness (QED) is 0.454. The first-order chi connectivity index (χ1) is 13.9. The number of halogens is 2. The Morgan fingerprint density at radius 2 is 1.93 bits per heavy atom. The van der Waals surface area contributed by atoms with Crippen LogP contribution in [0.15, 0.2) is 47.8 Å². The highest BCUT2D eigenvalue weighted by Crippen LogP contribution is 2.26. The Morgan fingerprint density at radius 3 is 2.69 bits per heavy atom. The fraction of sp³-hybridized carbons (Fsp3) is 0.158.